The van der Waals surface area contributed by atoms with E-state index in [1.807, 2.05) is 42.6 Å². The van der Waals surface area contributed by atoms with Crippen LogP contribution in [0.5, 0.6) is 0 Å². The van der Waals surface area contributed by atoms with Crippen molar-refractivity contribution in [3.8, 4) is 0 Å². The maximum Gasteiger partial charge on any atom is 0.226 e. The van der Waals surface area contributed by atoms with E-state index in [-0.39, 0.29) is 5.91 Å². The van der Waals surface area contributed by atoms with Crippen LogP contribution in [-0.4, -0.2) is 15.9 Å². The molecule has 0 unspecified atom stereocenters. The molecule has 2 heterocycles. The first-order valence-corrected chi connectivity index (χ1v) is 9.21. The molecule has 2 aromatic heterocycles. The van der Waals surface area contributed by atoms with Crippen molar-refractivity contribution in [1.82, 2.24) is 15.3 Å². The standard InChI is InChI=1S/C20H21N3OS/c1-15-3-2-4-17(11-15)13-22-19(24)12-18-14-25-20(23-18)6-5-16-7-9-21-10-8-16/h2-4,7-11,14H,5-6,12-13H2,1H3,(H,22,24). The van der Waals surface area contributed by atoms with Crippen LogP contribution in [0.2, 0.25) is 0 Å². The molecule has 0 atom stereocenters. The molecule has 0 aliphatic rings. The third-order valence-corrected chi connectivity index (χ3v) is 4.85. The monoisotopic (exact) mass is 351 g/mol. The zero-order valence-electron chi connectivity index (χ0n) is 14.2. The van der Waals surface area contributed by atoms with Crippen molar-refractivity contribution in [2.75, 3.05) is 0 Å². The van der Waals surface area contributed by atoms with Gasteiger partial charge in [0.25, 0.3) is 0 Å². The zero-order valence-corrected chi connectivity index (χ0v) is 15.1. The first kappa shape index (κ1) is 17.3. The highest BCUT2D eigenvalue weighted by atomic mass is 32.1. The number of nitrogens with one attached hydrogen (secondary N) is 1. The summed E-state index contributed by atoms with van der Waals surface area (Å²) in [5.41, 5.74) is 4.41. The van der Waals surface area contributed by atoms with E-state index >= 15 is 0 Å². The summed E-state index contributed by atoms with van der Waals surface area (Å²) >= 11 is 1.62. The van der Waals surface area contributed by atoms with Gasteiger partial charge in [-0.2, -0.15) is 0 Å². The Morgan fingerprint density at radius 2 is 1.96 bits per heavy atom. The Bertz CT molecular complexity index is 830. The Morgan fingerprint density at radius 1 is 1.12 bits per heavy atom. The molecule has 0 spiro atoms. The van der Waals surface area contributed by atoms with Crippen molar-refractivity contribution in [2.45, 2.75) is 32.7 Å². The van der Waals surface area contributed by atoms with Gasteiger partial charge in [0.15, 0.2) is 0 Å². The average Bonchev–Trinajstić information content (AvgIpc) is 3.06. The molecule has 1 amide bonds. The van der Waals surface area contributed by atoms with E-state index in [9.17, 15) is 4.79 Å². The number of nitrogens with zero attached hydrogens (tertiary/aromatic N) is 2. The maximum absolute atomic E-state index is 12.1. The van der Waals surface area contributed by atoms with E-state index in [0.717, 1.165) is 29.1 Å². The Hall–Kier alpha value is -2.53. The molecule has 0 fully saturated rings. The highest BCUT2D eigenvalue weighted by Gasteiger charge is 2.08. The molecule has 3 rings (SSSR count). The largest absolute Gasteiger partial charge is 0.352 e. The molecule has 128 valence electrons. The van der Waals surface area contributed by atoms with Gasteiger partial charge >= 0.3 is 0 Å². The molecule has 0 bridgehead atoms. The lowest BCUT2D eigenvalue weighted by molar-refractivity contribution is -0.120. The molecule has 1 N–H and O–H groups in total. The fraction of sp³-hybridized carbons (Fsp3) is 0.250. The van der Waals surface area contributed by atoms with E-state index in [1.165, 1.54) is 11.1 Å². The van der Waals surface area contributed by atoms with E-state index in [1.54, 1.807) is 23.7 Å². The van der Waals surface area contributed by atoms with Crippen LogP contribution in [0.15, 0.2) is 54.2 Å². The Kier molecular flexibility index (Phi) is 5.90. The van der Waals surface area contributed by atoms with E-state index in [0.29, 0.717) is 13.0 Å². The topological polar surface area (TPSA) is 54.9 Å². The van der Waals surface area contributed by atoms with Gasteiger partial charge in [-0.15, -0.1) is 11.3 Å². The van der Waals surface area contributed by atoms with Crippen LogP contribution in [0, 0.1) is 6.92 Å². The van der Waals surface area contributed by atoms with Crippen molar-refractivity contribution in [3.63, 3.8) is 0 Å². The lowest BCUT2D eigenvalue weighted by atomic mass is 10.1. The number of amides is 1. The molecule has 5 heteroatoms. The molecule has 0 radical (unpaired) electrons. The number of hydrogen-bond acceptors (Lipinski definition) is 4. The molecule has 4 nitrogen and oxygen atoms in total. The summed E-state index contributed by atoms with van der Waals surface area (Å²) in [6.07, 6.45) is 5.77. The van der Waals surface area contributed by atoms with Crippen LogP contribution in [0.4, 0.5) is 0 Å². The van der Waals surface area contributed by atoms with Crippen molar-refractivity contribution in [3.05, 3.63) is 81.6 Å². The lowest BCUT2D eigenvalue weighted by Crippen LogP contribution is -2.24. The highest BCUT2D eigenvalue weighted by Crippen LogP contribution is 2.13. The molecule has 0 saturated heterocycles. The summed E-state index contributed by atoms with van der Waals surface area (Å²) in [5, 5.41) is 6.01. The third-order valence-electron chi connectivity index (χ3n) is 3.89. The molecule has 3 aromatic rings. The van der Waals surface area contributed by atoms with Gasteiger partial charge in [-0.05, 0) is 36.6 Å². The summed E-state index contributed by atoms with van der Waals surface area (Å²) < 4.78 is 0. The van der Waals surface area contributed by atoms with Crippen LogP contribution in [0.25, 0.3) is 0 Å². The smallest absolute Gasteiger partial charge is 0.226 e. The first-order chi connectivity index (χ1) is 12.2. The summed E-state index contributed by atoms with van der Waals surface area (Å²) in [4.78, 5) is 20.7. The Morgan fingerprint density at radius 3 is 2.76 bits per heavy atom. The van der Waals surface area contributed by atoms with Gasteiger partial charge in [0.1, 0.15) is 0 Å². The van der Waals surface area contributed by atoms with Gasteiger partial charge < -0.3 is 5.32 Å². The molecular formula is C20H21N3OS. The number of carbonyl (C=O) groups excluding carboxylic acids is 1. The number of carbonyl (C=O) groups is 1. The first-order valence-electron chi connectivity index (χ1n) is 8.33. The predicted molar refractivity (Wildman–Crippen MR) is 100 cm³/mol. The normalized spacial score (nSPS) is 10.6. The minimum absolute atomic E-state index is 0.00694. The molecule has 1 aromatic carbocycles. The van der Waals surface area contributed by atoms with Gasteiger partial charge in [0.05, 0.1) is 17.1 Å². The second-order valence-electron chi connectivity index (χ2n) is 6.03. The zero-order chi connectivity index (χ0) is 17.5. The van der Waals surface area contributed by atoms with Crippen LogP contribution < -0.4 is 5.32 Å². The summed E-state index contributed by atoms with van der Waals surface area (Å²) in [6, 6.07) is 12.2. The van der Waals surface area contributed by atoms with Crippen molar-refractivity contribution < 1.29 is 4.79 Å². The average molecular weight is 351 g/mol. The minimum Gasteiger partial charge on any atom is -0.352 e. The number of benzene rings is 1. The van der Waals surface area contributed by atoms with Gasteiger partial charge in [0, 0.05) is 30.7 Å². The SMILES string of the molecule is Cc1cccc(CNC(=O)Cc2csc(CCc3ccncc3)n2)c1. The maximum atomic E-state index is 12.1. The summed E-state index contributed by atoms with van der Waals surface area (Å²) in [5.74, 6) is 0.00694. The molecule has 0 aliphatic heterocycles. The minimum atomic E-state index is 0.00694. The van der Waals surface area contributed by atoms with Gasteiger partial charge in [-0.25, -0.2) is 4.98 Å². The predicted octanol–water partition coefficient (Wildman–Crippen LogP) is 3.49. The fourth-order valence-corrected chi connectivity index (χ4v) is 3.39. The van der Waals surface area contributed by atoms with Gasteiger partial charge in [-0.1, -0.05) is 29.8 Å². The van der Waals surface area contributed by atoms with Crippen LogP contribution in [0.3, 0.4) is 0 Å². The summed E-state index contributed by atoms with van der Waals surface area (Å²) in [7, 11) is 0. The molecule has 25 heavy (non-hydrogen) atoms. The number of aromatic nitrogens is 2. The molecule has 0 saturated carbocycles. The number of aryl methyl sites for hydroxylation is 3. The number of pyridine rings is 1. The van der Waals surface area contributed by atoms with Crippen molar-refractivity contribution in [1.29, 1.82) is 0 Å². The van der Waals surface area contributed by atoms with E-state index in [4.69, 9.17) is 0 Å². The van der Waals surface area contributed by atoms with Crippen LogP contribution in [-0.2, 0) is 30.6 Å². The van der Waals surface area contributed by atoms with Crippen molar-refractivity contribution in [2.24, 2.45) is 0 Å². The number of hydrogen-bond donors (Lipinski definition) is 1. The second kappa shape index (κ2) is 8.53. The quantitative estimate of drug-likeness (QED) is 0.709. The van der Waals surface area contributed by atoms with E-state index in [2.05, 4.69) is 21.4 Å². The highest BCUT2D eigenvalue weighted by molar-refractivity contribution is 7.09. The Balaban J connectivity index is 1.46. The van der Waals surface area contributed by atoms with E-state index < -0.39 is 0 Å². The van der Waals surface area contributed by atoms with Gasteiger partial charge in [-0.3, -0.25) is 9.78 Å². The lowest BCUT2D eigenvalue weighted by Gasteiger charge is -2.05. The number of rotatable bonds is 7. The molecule has 0 aliphatic carbocycles. The van der Waals surface area contributed by atoms with Crippen LogP contribution >= 0.6 is 11.3 Å². The second-order valence-corrected chi connectivity index (χ2v) is 6.97. The molecular weight excluding hydrogens is 330 g/mol. The number of thiazole rings is 1. The third kappa shape index (κ3) is 5.50. The summed E-state index contributed by atoms with van der Waals surface area (Å²) in [6.45, 7) is 2.60. The van der Waals surface area contributed by atoms with Gasteiger partial charge in [0.2, 0.25) is 5.91 Å². The fourth-order valence-electron chi connectivity index (χ4n) is 2.60. The van der Waals surface area contributed by atoms with Crippen molar-refractivity contribution >= 4 is 17.2 Å². The Labute approximate surface area is 152 Å². The van der Waals surface area contributed by atoms with Crippen LogP contribution in [0.1, 0.15) is 27.4 Å².